The molecule has 0 N–H and O–H groups in total. The van der Waals surface area contributed by atoms with Gasteiger partial charge in [0, 0.05) is 0 Å². The number of nitrogens with zero attached hydrogens (tertiary/aromatic N) is 1. The van der Waals surface area contributed by atoms with E-state index in [0.717, 1.165) is 12.2 Å². The third-order valence-corrected chi connectivity index (χ3v) is 2.86. The van der Waals surface area contributed by atoms with Crippen molar-refractivity contribution in [3.8, 4) is 5.75 Å². The van der Waals surface area contributed by atoms with Crippen LogP contribution in [-0.4, -0.2) is 19.2 Å². The molecular formula is C13H15NO2. The molecule has 0 bridgehead atoms. The Morgan fingerprint density at radius 1 is 1.25 bits per heavy atom. The number of aryl methyl sites for hydroxylation is 2. The fourth-order valence-corrected chi connectivity index (χ4v) is 2.05. The number of isocyanates is 1. The topological polar surface area (TPSA) is 38.7 Å². The highest BCUT2D eigenvalue weighted by Crippen LogP contribution is 2.25. The number of ether oxygens (including phenoxy) is 1. The first kappa shape index (κ1) is 10.9. The summed E-state index contributed by atoms with van der Waals surface area (Å²) < 4.78 is 5.50. The van der Waals surface area contributed by atoms with Crippen LogP contribution in [0.1, 0.15) is 24.0 Å². The van der Waals surface area contributed by atoms with Gasteiger partial charge in [-0.2, -0.15) is 0 Å². The smallest absolute Gasteiger partial charge is 0.235 e. The molecule has 0 radical (unpaired) electrons. The van der Waals surface area contributed by atoms with Crippen molar-refractivity contribution in [2.75, 3.05) is 13.2 Å². The Hall–Kier alpha value is -1.60. The minimum Gasteiger partial charge on any atom is -0.492 e. The van der Waals surface area contributed by atoms with Crippen LogP contribution in [0.2, 0.25) is 0 Å². The van der Waals surface area contributed by atoms with E-state index in [0.29, 0.717) is 13.2 Å². The Bertz CT molecular complexity index is 408. The summed E-state index contributed by atoms with van der Waals surface area (Å²) in [5, 5.41) is 0. The molecular weight excluding hydrogens is 202 g/mol. The van der Waals surface area contributed by atoms with E-state index >= 15 is 0 Å². The number of rotatable bonds is 4. The number of benzene rings is 1. The number of aliphatic imine (C=N–C) groups is 1. The lowest BCUT2D eigenvalue weighted by atomic mass is 9.92. The Kier molecular flexibility index (Phi) is 3.73. The van der Waals surface area contributed by atoms with Crippen LogP contribution in [0, 0.1) is 0 Å². The highest BCUT2D eigenvalue weighted by Gasteiger charge is 2.09. The van der Waals surface area contributed by atoms with Crippen LogP contribution in [0.15, 0.2) is 23.2 Å². The van der Waals surface area contributed by atoms with Gasteiger partial charge in [-0.05, 0) is 48.9 Å². The van der Waals surface area contributed by atoms with Gasteiger partial charge in [0.25, 0.3) is 0 Å². The van der Waals surface area contributed by atoms with E-state index in [9.17, 15) is 4.79 Å². The minimum absolute atomic E-state index is 0.376. The SMILES string of the molecule is O=C=NCCOc1ccc2c(c1)CCCC2. The summed E-state index contributed by atoms with van der Waals surface area (Å²) in [6, 6.07) is 6.25. The van der Waals surface area contributed by atoms with Crippen molar-refractivity contribution in [2.24, 2.45) is 4.99 Å². The molecule has 16 heavy (non-hydrogen) atoms. The zero-order valence-electron chi connectivity index (χ0n) is 9.24. The first-order chi connectivity index (χ1) is 7.90. The van der Waals surface area contributed by atoms with Crippen molar-refractivity contribution in [1.82, 2.24) is 0 Å². The molecule has 1 aliphatic carbocycles. The maximum absolute atomic E-state index is 9.86. The Morgan fingerprint density at radius 3 is 2.88 bits per heavy atom. The fourth-order valence-electron chi connectivity index (χ4n) is 2.05. The number of carbonyl (C=O) groups excluding carboxylic acids is 1. The normalized spacial score (nSPS) is 13.8. The minimum atomic E-state index is 0.376. The van der Waals surface area contributed by atoms with E-state index in [1.807, 2.05) is 6.07 Å². The van der Waals surface area contributed by atoms with Gasteiger partial charge < -0.3 is 4.74 Å². The predicted molar refractivity (Wildman–Crippen MR) is 61.6 cm³/mol. The van der Waals surface area contributed by atoms with Crippen molar-refractivity contribution in [3.05, 3.63) is 29.3 Å². The maximum Gasteiger partial charge on any atom is 0.235 e. The van der Waals surface area contributed by atoms with Crippen LogP contribution >= 0.6 is 0 Å². The molecule has 1 aromatic rings. The zero-order chi connectivity index (χ0) is 11.2. The Labute approximate surface area is 95.2 Å². The third-order valence-electron chi connectivity index (χ3n) is 2.86. The zero-order valence-corrected chi connectivity index (χ0v) is 9.24. The summed E-state index contributed by atoms with van der Waals surface area (Å²) in [4.78, 5) is 13.3. The second-order valence-electron chi connectivity index (χ2n) is 3.96. The van der Waals surface area contributed by atoms with E-state index in [4.69, 9.17) is 4.74 Å². The quantitative estimate of drug-likeness (QED) is 0.441. The average Bonchev–Trinajstić information content (AvgIpc) is 2.34. The standard InChI is InChI=1S/C13H15NO2/c15-10-14-7-8-16-13-6-5-11-3-1-2-4-12(11)9-13/h5-6,9H,1-4,7-8H2. The van der Waals surface area contributed by atoms with Crippen LogP contribution in [0.5, 0.6) is 5.75 Å². The lowest BCUT2D eigenvalue weighted by molar-refractivity contribution is 0.328. The lowest BCUT2D eigenvalue weighted by Gasteiger charge is -2.16. The van der Waals surface area contributed by atoms with Gasteiger partial charge in [0.15, 0.2) is 0 Å². The van der Waals surface area contributed by atoms with E-state index < -0.39 is 0 Å². The monoisotopic (exact) mass is 217 g/mol. The van der Waals surface area contributed by atoms with Crippen molar-refractivity contribution in [1.29, 1.82) is 0 Å². The molecule has 1 aliphatic rings. The van der Waals surface area contributed by atoms with Gasteiger partial charge in [-0.25, -0.2) is 9.79 Å². The summed E-state index contributed by atoms with van der Waals surface area (Å²) >= 11 is 0. The first-order valence-electron chi connectivity index (χ1n) is 5.68. The summed E-state index contributed by atoms with van der Waals surface area (Å²) in [5.74, 6) is 0.877. The maximum atomic E-state index is 9.86. The van der Waals surface area contributed by atoms with Gasteiger partial charge in [-0.3, -0.25) is 0 Å². The molecule has 0 saturated heterocycles. The molecule has 0 saturated carbocycles. The number of hydrogen-bond donors (Lipinski definition) is 0. The largest absolute Gasteiger partial charge is 0.492 e. The Morgan fingerprint density at radius 2 is 2.06 bits per heavy atom. The second-order valence-corrected chi connectivity index (χ2v) is 3.96. The summed E-state index contributed by atoms with van der Waals surface area (Å²) in [6.45, 7) is 0.814. The van der Waals surface area contributed by atoms with Crippen molar-refractivity contribution in [2.45, 2.75) is 25.7 Å². The van der Waals surface area contributed by atoms with Crippen LogP contribution in [0.4, 0.5) is 0 Å². The molecule has 3 heteroatoms. The van der Waals surface area contributed by atoms with E-state index in [1.54, 1.807) is 0 Å². The molecule has 1 aromatic carbocycles. The summed E-state index contributed by atoms with van der Waals surface area (Å²) in [7, 11) is 0. The highest BCUT2D eigenvalue weighted by atomic mass is 16.5. The van der Waals surface area contributed by atoms with Crippen molar-refractivity contribution < 1.29 is 9.53 Å². The van der Waals surface area contributed by atoms with Crippen LogP contribution in [0.3, 0.4) is 0 Å². The van der Waals surface area contributed by atoms with Crippen LogP contribution < -0.4 is 4.74 Å². The van der Waals surface area contributed by atoms with Crippen molar-refractivity contribution in [3.63, 3.8) is 0 Å². The van der Waals surface area contributed by atoms with Crippen molar-refractivity contribution >= 4 is 6.08 Å². The number of fused-ring (bicyclic) bond motifs is 1. The molecule has 0 aliphatic heterocycles. The molecule has 0 unspecified atom stereocenters. The molecule has 0 spiro atoms. The van der Waals surface area contributed by atoms with Gasteiger partial charge in [-0.15, -0.1) is 0 Å². The molecule has 0 aromatic heterocycles. The molecule has 0 amide bonds. The molecule has 2 rings (SSSR count). The first-order valence-corrected chi connectivity index (χ1v) is 5.68. The fraction of sp³-hybridized carbons (Fsp3) is 0.462. The molecule has 3 nitrogen and oxygen atoms in total. The van der Waals surface area contributed by atoms with Crippen LogP contribution in [0.25, 0.3) is 0 Å². The van der Waals surface area contributed by atoms with Gasteiger partial charge in [0.05, 0.1) is 6.54 Å². The number of hydrogen-bond acceptors (Lipinski definition) is 3. The molecule has 0 fully saturated rings. The van der Waals surface area contributed by atoms with E-state index in [2.05, 4.69) is 17.1 Å². The lowest BCUT2D eigenvalue weighted by Crippen LogP contribution is -2.05. The van der Waals surface area contributed by atoms with Gasteiger partial charge >= 0.3 is 0 Å². The average molecular weight is 217 g/mol. The van der Waals surface area contributed by atoms with Gasteiger partial charge in [-0.1, -0.05) is 6.07 Å². The van der Waals surface area contributed by atoms with E-state index in [-0.39, 0.29) is 0 Å². The summed E-state index contributed by atoms with van der Waals surface area (Å²) in [6.07, 6.45) is 6.40. The van der Waals surface area contributed by atoms with E-state index in [1.165, 1.54) is 36.5 Å². The van der Waals surface area contributed by atoms with Gasteiger partial charge in [0.1, 0.15) is 12.4 Å². The molecule has 84 valence electrons. The van der Waals surface area contributed by atoms with Crippen LogP contribution in [-0.2, 0) is 17.6 Å². The predicted octanol–water partition coefficient (Wildman–Crippen LogP) is 2.28. The third kappa shape index (κ3) is 2.71. The highest BCUT2D eigenvalue weighted by molar-refractivity contribution is 5.37. The second kappa shape index (κ2) is 5.47. The summed E-state index contributed by atoms with van der Waals surface area (Å²) in [5.41, 5.74) is 2.85. The molecule has 0 heterocycles. The van der Waals surface area contributed by atoms with Gasteiger partial charge in [0.2, 0.25) is 6.08 Å². The molecule has 0 atom stereocenters. The Balaban J connectivity index is 1.97.